The molecule has 1 heterocycles. The van der Waals surface area contributed by atoms with Gasteiger partial charge >= 0.3 is 0 Å². The van der Waals surface area contributed by atoms with Crippen LogP contribution >= 0.6 is 0 Å². The molecule has 1 aromatic carbocycles. The molecule has 3 atom stereocenters. The molecule has 2 N–H and O–H groups in total. The lowest BCUT2D eigenvalue weighted by Gasteiger charge is -2.37. The van der Waals surface area contributed by atoms with Crippen LogP contribution in [0, 0.1) is 11.7 Å². The fourth-order valence-electron chi connectivity index (χ4n) is 3.45. The summed E-state index contributed by atoms with van der Waals surface area (Å²) in [6.07, 6.45) is 3.82. The highest BCUT2D eigenvalue weighted by molar-refractivity contribution is 5.80. The highest BCUT2D eigenvalue weighted by Gasteiger charge is 2.30. The average molecular weight is 378 g/mol. The number of hydrogen-bond acceptors (Lipinski definition) is 3. The Bertz CT molecular complexity index is 620. The minimum atomic E-state index is -0.289. The van der Waals surface area contributed by atoms with E-state index in [9.17, 15) is 14.0 Å². The fraction of sp³-hybridized carbons (Fsp3) is 0.619. The van der Waals surface area contributed by atoms with E-state index in [1.54, 1.807) is 12.1 Å². The fourth-order valence-corrected chi connectivity index (χ4v) is 3.45. The molecular weight excluding hydrogens is 345 g/mol. The Kier molecular flexibility index (Phi) is 8.23. The van der Waals surface area contributed by atoms with Crippen molar-refractivity contribution < 1.29 is 14.0 Å². The number of carbonyl (C=O) groups excluding carboxylic acids is 2. The number of nitrogens with one attached hydrogen (secondary N) is 2. The summed E-state index contributed by atoms with van der Waals surface area (Å²) in [5.41, 5.74) is 0.865. The van der Waals surface area contributed by atoms with Crippen LogP contribution in [0.4, 0.5) is 4.39 Å². The van der Waals surface area contributed by atoms with E-state index in [1.807, 2.05) is 6.92 Å². The van der Waals surface area contributed by atoms with Gasteiger partial charge in [0, 0.05) is 19.1 Å². The van der Waals surface area contributed by atoms with Gasteiger partial charge in [-0.2, -0.15) is 0 Å². The molecule has 0 aliphatic carbocycles. The topological polar surface area (TPSA) is 61.4 Å². The van der Waals surface area contributed by atoms with Crippen molar-refractivity contribution in [2.24, 2.45) is 5.92 Å². The van der Waals surface area contributed by atoms with Gasteiger partial charge in [0.1, 0.15) is 5.82 Å². The minimum absolute atomic E-state index is 0.0552. The van der Waals surface area contributed by atoms with E-state index in [4.69, 9.17) is 0 Å². The summed E-state index contributed by atoms with van der Waals surface area (Å²) in [4.78, 5) is 26.9. The predicted molar refractivity (Wildman–Crippen MR) is 105 cm³/mol. The number of benzene rings is 1. The molecule has 1 fully saturated rings. The van der Waals surface area contributed by atoms with E-state index in [-0.39, 0.29) is 42.2 Å². The van der Waals surface area contributed by atoms with Crippen molar-refractivity contribution in [1.82, 2.24) is 15.5 Å². The van der Waals surface area contributed by atoms with Crippen molar-refractivity contribution in [2.75, 3.05) is 19.6 Å². The van der Waals surface area contributed by atoms with Crippen LogP contribution in [-0.2, 0) is 9.59 Å². The monoisotopic (exact) mass is 377 g/mol. The van der Waals surface area contributed by atoms with Crippen molar-refractivity contribution in [2.45, 2.75) is 58.5 Å². The molecule has 1 aliphatic rings. The maximum atomic E-state index is 13.0. The first-order valence-electron chi connectivity index (χ1n) is 9.97. The van der Waals surface area contributed by atoms with Gasteiger partial charge < -0.3 is 10.6 Å². The molecule has 0 spiro atoms. The van der Waals surface area contributed by atoms with Gasteiger partial charge in [-0.25, -0.2) is 4.39 Å². The molecule has 0 radical (unpaired) electrons. The summed E-state index contributed by atoms with van der Waals surface area (Å²) in [6, 6.07) is 6.24. The van der Waals surface area contributed by atoms with Crippen LogP contribution in [0.15, 0.2) is 24.3 Å². The maximum Gasteiger partial charge on any atom is 0.234 e. The molecule has 5 nitrogen and oxygen atoms in total. The third-order valence-corrected chi connectivity index (χ3v) is 5.31. The number of piperidine rings is 1. The molecule has 1 aliphatic heterocycles. The minimum Gasteiger partial charge on any atom is -0.356 e. The second-order valence-electron chi connectivity index (χ2n) is 7.54. The number of rotatable bonds is 8. The summed E-state index contributed by atoms with van der Waals surface area (Å²) >= 11 is 0. The molecule has 2 rings (SSSR count). The van der Waals surface area contributed by atoms with Crippen molar-refractivity contribution in [3.05, 3.63) is 35.6 Å². The second kappa shape index (κ2) is 10.4. The average Bonchev–Trinajstić information content (AvgIpc) is 2.64. The number of likely N-dealkylation sites (tertiary alicyclic amines) is 1. The SMILES string of the molecule is CCCCNC(=O)[C@@H]1CC[C@H](C)N(CC(=O)N[C@H](C)c2ccc(F)cc2)C1. The molecule has 0 unspecified atom stereocenters. The molecule has 27 heavy (non-hydrogen) atoms. The number of amides is 2. The van der Waals surface area contributed by atoms with E-state index < -0.39 is 0 Å². The highest BCUT2D eigenvalue weighted by atomic mass is 19.1. The van der Waals surface area contributed by atoms with Gasteiger partial charge in [-0.1, -0.05) is 25.5 Å². The van der Waals surface area contributed by atoms with Crippen molar-refractivity contribution >= 4 is 11.8 Å². The first-order valence-corrected chi connectivity index (χ1v) is 9.97. The number of nitrogens with zero attached hydrogens (tertiary/aromatic N) is 1. The zero-order valence-electron chi connectivity index (χ0n) is 16.6. The number of hydrogen-bond donors (Lipinski definition) is 2. The van der Waals surface area contributed by atoms with Crippen LogP contribution in [0.3, 0.4) is 0 Å². The van der Waals surface area contributed by atoms with E-state index in [0.29, 0.717) is 6.54 Å². The normalized spacial score (nSPS) is 21.5. The summed E-state index contributed by atoms with van der Waals surface area (Å²) < 4.78 is 13.0. The summed E-state index contributed by atoms with van der Waals surface area (Å²) in [6.45, 7) is 7.68. The third-order valence-electron chi connectivity index (χ3n) is 5.31. The van der Waals surface area contributed by atoms with Crippen LogP contribution in [-0.4, -0.2) is 42.4 Å². The Balaban J connectivity index is 1.85. The van der Waals surface area contributed by atoms with E-state index in [0.717, 1.165) is 37.8 Å². The van der Waals surface area contributed by atoms with Crippen LogP contribution in [0.25, 0.3) is 0 Å². The summed E-state index contributed by atoms with van der Waals surface area (Å²) in [7, 11) is 0. The van der Waals surface area contributed by atoms with Gasteiger partial charge in [0.2, 0.25) is 11.8 Å². The van der Waals surface area contributed by atoms with E-state index in [1.165, 1.54) is 12.1 Å². The van der Waals surface area contributed by atoms with Crippen LogP contribution in [0.1, 0.15) is 58.1 Å². The number of carbonyl (C=O) groups is 2. The zero-order chi connectivity index (χ0) is 19.8. The number of unbranched alkanes of at least 4 members (excludes halogenated alkanes) is 1. The Morgan fingerprint density at radius 3 is 2.63 bits per heavy atom. The molecule has 1 saturated heterocycles. The summed E-state index contributed by atoms with van der Waals surface area (Å²) in [5, 5.41) is 5.97. The molecular formula is C21H32FN3O2. The standard InChI is InChI=1S/C21H32FN3O2/c1-4-5-12-23-21(27)18-7-6-15(2)25(13-18)14-20(26)24-16(3)17-8-10-19(22)11-9-17/h8-11,15-16,18H,4-7,12-14H2,1-3H3,(H,23,27)(H,24,26)/t15-,16+,18+/m0/s1. The molecule has 150 valence electrons. The van der Waals surface area contributed by atoms with Crippen LogP contribution < -0.4 is 10.6 Å². The highest BCUT2D eigenvalue weighted by Crippen LogP contribution is 2.22. The second-order valence-corrected chi connectivity index (χ2v) is 7.54. The zero-order valence-corrected chi connectivity index (χ0v) is 16.6. The quantitative estimate of drug-likeness (QED) is 0.685. The lowest BCUT2D eigenvalue weighted by Crippen LogP contribution is -2.50. The Morgan fingerprint density at radius 2 is 1.96 bits per heavy atom. The van der Waals surface area contributed by atoms with E-state index >= 15 is 0 Å². The van der Waals surface area contributed by atoms with Crippen molar-refractivity contribution in [1.29, 1.82) is 0 Å². The lowest BCUT2D eigenvalue weighted by atomic mass is 9.92. The van der Waals surface area contributed by atoms with Gasteiger partial charge in [-0.05, 0) is 50.8 Å². The Labute approximate surface area is 161 Å². The molecule has 2 amide bonds. The smallest absolute Gasteiger partial charge is 0.234 e. The first-order chi connectivity index (χ1) is 12.9. The summed E-state index contributed by atoms with van der Waals surface area (Å²) in [5.74, 6) is -0.325. The van der Waals surface area contributed by atoms with Gasteiger partial charge in [-0.3, -0.25) is 14.5 Å². The number of halogens is 1. The van der Waals surface area contributed by atoms with Gasteiger partial charge in [0.15, 0.2) is 0 Å². The third kappa shape index (κ3) is 6.61. The maximum absolute atomic E-state index is 13.0. The molecule has 0 aromatic heterocycles. The first kappa shape index (κ1) is 21.4. The largest absolute Gasteiger partial charge is 0.356 e. The predicted octanol–water partition coefficient (Wildman–Crippen LogP) is 3.02. The Morgan fingerprint density at radius 1 is 1.26 bits per heavy atom. The van der Waals surface area contributed by atoms with Crippen LogP contribution in [0.2, 0.25) is 0 Å². The van der Waals surface area contributed by atoms with Crippen molar-refractivity contribution in [3.8, 4) is 0 Å². The van der Waals surface area contributed by atoms with E-state index in [2.05, 4.69) is 29.4 Å². The molecule has 6 heteroatoms. The van der Waals surface area contributed by atoms with Gasteiger partial charge in [0.25, 0.3) is 0 Å². The van der Waals surface area contributed by atoms with Gasteiger partial charge in [0.05, 0.1) is 18.5 Å². The molecule has 1 aromatic rings. The van der Waals surface area contributed by atoms with Gasteiger partial charge in [-0.15, -0.1) is 0 Å². The molecule has 0 saturated carbocycles. The Hall–Kier alpha value is -1.95. The van der Waals surface area contributed by atoms with Crippen LogP contribution in [0.5, 0.6) is 0 Å². The lowest BCUT2D eigenvalue weighted by molar-refractivity contribution is -0.130. The molecule has 0 bridgehead atoms. The van der Waals surface area contributed by atoms with Crippen molar-refractivity contribution in [3.63, 3.8) is 0 Å².